The molecule has 1 atom stereocenters. The number of ketones is 1. The molecule has 0 amide bonds. The first-order chi connectivity index (χ1) is 6.79. The first-order valence-corrected chi connectivity index (χ1v) is 5.99. The molecule has 0 bridgehead atoms. The van der Waals surface area contributed by atoms with Gasteiger partial charge in [0, 0.05) is 10.8 Å². The van der Waals surface area contributed by atoms with E-state index >= 15 is 0 Å². The van der Waals surface area contributed by atoms with Crippen molar-refractivity contribution < 1.29 is 4.79 Å². The highest BCUT2D eigenvalue weighted by molar-refractivity contribution is 7.10. The predicted molar refractivity (Wildman–Crippen MR) is 58.2 cm³/mol. The van der Waals surface area contributed by atoms with Crippen molar-refractivity contribution in [2.45, 2.75) is 31.7 Å². The zero-order chi connectivity index (χ0) is 9.97. The van der Waals surface area contributed by atoms with Crippen molar-refractivity contribution in [3.8, 4) is 0 Å². The minimum atomic E-state index is -0.377. The fourth-order valence-corrected chi connectivity index (χ4v) is 2.81. The molecule has 3 heteroatoms. The van der Waals surface area contributed by atoms with Crippen LogP contribution in [0.5, 0.6) is 0 Å². The molecule has 1 aromatic rings. The summed E-state index contributed by atoms with van der Waals surface area (Å²) >= 11 is 1.57. The van der Waals surface area contributed by atoms with Crippen LogP contribution < -0.4 is 5.73 Å². The number of nitrogens with two attached hydrogens (primary N) is 1. The molecule has 14 heavy (non-hydrogen) atoms. The molecule has 2 nitrogen and oxygen atoms in total. The van der Waals surface area contributed by atoms with E-state index in [1.165, 1.54) is 12.8 Å². The molecule has 0 radical (unpaired) electrons. The van der Waals surface area contributed by atoms with E-state index in [0.29, 0.717) is 0 Å². The molecule has 1 aromatic heterocycles. The molecular weight excluding hydrogens is 194 g/mol. The number of thiophene rings is 1. The maximum atomic E-state index is 11.9. The third kappa shape index (κ3) is 1.88. The van der Waals surface area contributed by atoms with Crippen molar-refractivity contribution in [3.05, 3.63) is 22.4 Å². The third-order valence-corrected chi connectivity index (χ3v) is 3.87. The molecule has 1 fully saturated rings. The lowest BCUT2D eigenvalue weighted by Crippen LogP contribution is -2.26. The van der Waals surface area contributed by atoms with E-state index in [2.05, 4.69) is 0 Å². The normalized spacial score (nSPS) is 19.8. The lowest BCUT2D eigenvalue weighted by Gasteiger charge is -2.13. The number of carbonyl (C=O) groups is 1. The van der Waals surface area contributed by atoms with Crippen molar-refractivity contribution in [3.63, 3.8) is 0 Å². The predicted octanol–water partition coefficient (Wildman–Crippen LogP) is 2.51. The SMILES string of the molecule is NC(C(=O)C1CCCC1)c1cccs1. The minimum absolute atomic E-state index is 0.229. The van der Waals surface area contributed by atoms with Crippen LogP contribution in [-0.2, 0) is 4.79 Å². The number of hydrogen-bond donors (Lipinski definition) is 1. The monoisotopic (exact) mass is 209 g/mol. The molecule has 0 saturated heterocycles. The van der Waals surface area contributed by atoms with Crippen LogP contribution in [0.2, 0.25) is 0 Å². The van der Waals surface area contributed by atoms with Gasteiger partial charge in [0.05, 0.1) is 6.04 Å². The highest BCUT2D eigenvalue weighted by atomic mass is 32.1. The summed E-state index contributed by atoms with van der Waals surface area (Å²) in [5.41, 5.74) is 5.92. The summed E-state index contributed by atoms with van der Waals surface area (Å²) in [7, 11) is 0. The molecular formula is C11H15NOS. The third-order valence-electron chi connectivity index (χ3n) is 2.91. The summed E-state index contributed by atoms with van der Waals surface area (Å²) in [5, 5.41) is 1.97. The van der Waals surface area contributed by atoms with Crippen LogP contribution in [0.4, 0.5) is 0 Å². The Labute approximate surface area is 88.1 Å². The first-order valence-electron chi connectivity index (χ1n) is 5.12. The number of Topliss-reactive ketones (excluding diaryl/α,β-unsaturated/α-hetero) is 1. The van der Waals surface area contributed by atoms with E-state index < -0.39 is 0 Å². The standard InChI is InChI=1S/C11H15NOS/c12-10(9-6-3-7-14-9)11(13)8-4-1-2-5-8/h3,6-8,10H,1-2,4-5,12H2. The van der Waals surface area contributed by atoms with Crippen molar-refractivity contribution in [2.24, 2.45) is 11.7 Å². The van der Waals surface area contributed by atoms with Gasteiger partial charge in [0.2, 0.25) is 0 Å². The van der Waals surface area contributed by atoms with Crippen molar-refractivity contribution in [1.29, 1.82) is 0 Å². The topological polar surface area (TPSA) is 43.1 Å². The van der Waals surface area contributed by atoms with Gasteiger partial charge in [-0.25, -0.2) is 0 Å². The molecule has 1 unspecified atom stereocenters. The fourth-order valence-electron chi connectivity index (χ4n) is 2.07. The average Bonchev–Trinajstić information content (AvgIpc) is 2.87. The van der Waals surface area contributed by atoms with Gasteiger partial charge in [-0.1, -0.05) is 18.9 Å². The molecule has 1 saturated carbocycles. The van der Waals surface area contributed by atoms with E-state index in [-0.39, 0.29) is 17.7 Å². The summed E-state index contributed by atoms with van der Waals surface area (Å²) in [4.78, 5) is 12.9. The van der Waals surface area contributed by atoms with Crippen molar-refractivity contribution in [2.75, 3.05) is 0 Å². The van der Waals surface area contributed by atoms with Crippen molar-refractivity contribution >= 4 is 17.1 Å². The van der Waals surface area contributed by atoms with Crippen LogP contribution >= 0.6 is 11.3 Å². The maximum absolute atomic E-state index is 11.9. The van der Waals surface area contributed by atoms with Gasteiger partial charge in [0.25, 0.3) is 0 Å². The van der Waals surface area contributed by atoms with E-state index in [0.717, 1.165) is 17.7 Å². The van der Waals surface area contributed by atoms with Gasteiger partial charge in [-0.15, -0.1) is 11.3 Å². The quantitative estimate of drug-likeness (QED) is 0.831. The molecule has 0 aromatic carbocycles. The lowest BCUT2D eigenvalue weighted by molar-refractivity contribution is -0.124. The Balaban J connectivity index is 2.04. The summed E-state index contributed by atoms with van der Waals surface area (Å²) in [5.74, 6) is 0.469. The second kappa shape index (κ2) is 4.24. The molecule has 2 N–H and O–H groups in total. The molecule has 1 aliphatic carbocycles. The second-order valence-corrected chi connectivity index (χ2v) is 4.86. The number of hydrogen-bond acceptors (Lipinski definition) is 3. The Morgan fingerprint density at radius 1 is 1.50 bits per heavy atom. The van der Waals surface area contributed by atoms with Gasteiger partial charge < -0.3 is 5.73 Å². The van der Waals surface area contributed by atoms with E-state index in [1.807, 2.05) is 17.5 Å². The van der Waals surface area contributed by atoms with Crippen LogP contribution in [-0.4, -0.2) is 5.78 Å². The summed E-state index contributed by atoms with van der Waals surface area (Å²) < 4.78 is 0. The average molecular weight is 209 g/mol. The van der Waals surface area contributed by atoms with Gasteiger partial charge in [0.15, 0.2) is 5.78 Å². The lowest BCUT2D eigenvalue weighted by atomic mass is 9.96. The first kappa shape index (κ1) is 9.87. The maximum Gasteiger partial charge on any atom is 0.157 e. The highest BCUT2D eigenvalue weighted by Crippen LogP contribution is 2.30. The van der Waals surface area contributed by atoms with Gasteiger partial charge >= 0.3 is 0 Å². The summed E-state index contributed by atoms with van der Waals surface area (Å²) in [6.45, 7) is 0. The number of rotatable bonds is 3. The zero-order valence-electron chi connectivity index (χ0n) is 8.11. The zero-order valence-corrected chi connectivity index (χ0v) is 8.93. The second-order valence-electron chi connectivity index (χ2n) is 3.88. The van der Waals surface area contributed by atoms with Crippen LogP contribution in [0.1, 0.15) is 36.6 Å². The van der Waals surface area contributed by atoms with Gasteiger partial charge in [-0.3, -0.25) is 4.79 Å². The largest absolute Gasteiger partial charge is 0.317 e. The van der Waals surface area contributed by atoms with Crippen LogP contribution in [0, 0.1) is 5.92 Å². The van der Waals surface area contributed by atoms with E-state index in [4.69, 9.17) is 5.73 Å². The van der Waals surface area contributed by atoms with Crippen LogP contribution in [0.15, 0.2) is 17.5 Å². The van der Waals surface area contributed by atoms with Crippen molar-refractivity contribution in [1.82, 2.24) is 0 Å². The van der Waals surface area contributed by atoms with Crippen LogP contribution in [0.25, 0.3) is 0 Å². The molecule has 1 heterocycles. The Morgan fingerprint density at radius 3 is 2.79 bits per heavy atom. The Morgan fingerprint density at radius 2 is 2.21 bits per heavy atom. The van der Waals surface area contributed by atoms with E-state index in [1.54, 1.807) is 11.3 Å². The smallest absolute Gasteiger partial charge is 0.157 e. The molecule has 0 spiro atoms. The van der Waals surface area contributed by atoms with Gasteiger partial charge in [-0.05, 0) is 24.3 Å². The number of carbonyl (C=O) groups excluding carboxylic acids is 1. The Kier molecular flexibility index (Phi) is 2.99. The summed E-state index contributed by atoms with van der Waals surface area (Å²) in [6.07, 6.45) is 4.46. The molecule has 0 aliphatic heterocycles. The molecule has 2 rings (SSSR count). The minimum Gasteiger partial charge on any atom is -0.317 e. The Bertz CT molecular complexity index is 301. The fraction of sp³-hybridized carbons (Fsp3) is 0.545. The summed E-state index contributed by atoms with van der Waals surface area (Å²) in [6, 6.07) is 3.52. The van der Waals surface area contributed by atoms with E-state index in [9.17, 15) is 4.79 Å². The molecule has 76 valence electrons. The Hall–Kier alpha value is -0.670. The van der Waals surface area contributed by atoms with Gasteiger partial charge in [-0.2, -0.15) is 0 Å². The van der Waals surface area contributed by atoms with Gasteiger partial charge in [0.1, 0.15) is 0 Å². The highest BCUT2D eigenvalue weighted by Gasteiger charge is 2.28. The molecule has 1 aliphatic rings. The van der Waals surface area contributed by atoms with Crippen LogP contribution in [0.3, 0.4) is 0 Å².